The van der Waals surface area contributed by atoms with Crippen LogP contribution < -0.4 is 5.32 Å². The topological polar surface area (TPSA) is 81.2 Å². The number of hydrogen-bond donors (Lipinski definition) is 3. The molecular weight excluding hydrogens is 340 g/mol. The van der Waals surface area contributed by atoms with E-state index in [1.54, 1.807) is 0 Å². The summed E-state index contributed by atoms with van der Waals surface area (Å²) in [6.07, 6.45) is 0.831. The average molecular weight is 362 g/mol. The number of hydrogen-bond acceptors (Lipinski definition) is 4. The molecule has 2 aliphatic rings. The minimum absolute atomic E-state index is 0.0715. The summed E-state index contributed by atoms with van der Waals surface area (Å²) in [4.78, 5) is 14.8. The van der Waals surface area contributed by atoms with E-state index in [-0.39, 0.29) is 11.9 Å². The minimum Gasteiger partial charge on any atom is -0.392 e. The van der Waals surface area contributed by atoms with Crippen molar-refractivity contribution in [1.29, 1.82) is 0 Å². The number of carbonyl (C=O) groups is 1. The van der Waals surface area contributed by atoms with Crippen molar-refractivity contribution in [3.05, 3.63) is 53.7 Å². The Morgan fingerprint density at radius 1 is 1.19 bits per heavy atom. The molecule has 5 rings (SSSR count). The van der Waals surface area contributed by atoms with Crippen molar-refractivity contribution < 1.29 is 9.90 Å². The number of fused-ring (bicyclic) bond motifs is 2. The van der Waals surface area contributed by atoms with Gasteiger partial charge in [0.05, 0.1) is 17.8 Å². The molecule has 2 atom stereocenters. The van der Waals surface area contributed by atoms with Crippen LogP contribution in [-0.4, -0.2) is 51.3 Å². The first-order valence-electron chi connectivity index (χ1n) is 9.45. The zero-order valence-electron chi connectivity index (χ0n) is 15.0. The zero-order chi connectivity index (χ0) is 18.4. The molecule has 0 aliphatic carbocycles. The van der Waals surface area contributed by atoms with Crippen molar-refractivity contribution in [2.75, 3.05) is 13.1 Å². The first-order chi connectivity index (χ1) is 13.2. The lowest BCUT2D eigenvalue weighted by Crippen LogP contribution is -2.45. The van der Waals surface area contributed by atoms with Gasteiger partial charge in [-0.15, -0.1) is 0 Å². The maximum absolute atomic E-state index is 12.9. The van der Waals surface area contributed by atoms with Gasteiger partial charge in [-0.2, -0.15) is 5.10 Å². The molecule has 2 aromatic carbocycles. The smallest absolute Gasteiger partial charge is 0.240 e. The SMILES string of the molecule is O=C([C@@H]1C[C@@H](O)CN1)N1CCc2[nH]nc(-c3cccc4ccccc34)c2C1. The normalized spacial score (nSPS) is 22.2. The molecule has 6 heteroatoms. The van der Waals surface area contributed by atoms with E-state index in [9.17, 15) is 9.90 Å². The molecule has 0 spiro atoms. The summed E-state index contributed by atoms with van der Waals surface area (Å²) in [5.41, 5.74) is 4.24. The number of aliphatic hydroxyl groups is 1. The van der Waals surface area contributed by atoms with Crippen molar-refractivity contribution in [2.24, 2.45) is 0 Å². The lowest BCUT2D eigenvalue weighted by Gasteiger charge is -2.29. The highest BCUT2D eigenvalue weighted by Crippen LogP contribution is 2.33. The first-order valence-corrected chi connectivity index (χ1v) is 9.45. The lowest BCUT2D eigenvalue weighted by atomic mass is 9.96. The second-order valence-corrected chi connectivity index (χ2v) is 7.42. The number of β-amino-alcohol motifs (C(OH)–C–C–N with tert-alkyl or cyclic N) is 1. The van der Waals surface area contributed by atoms with E-state index < -0.39 is 6.10 Å². The van der Waals surface area contributed by atoms with E-state index in [4.69, 9.17) is 0 Å². The Morgan fingerprint density at radius 2 is 2.04 bits per heavy atom. The molecule has 138 valence electrons. The molecule has 0 radical (unpaired) electrons. The molecule has 6 nitrogen and oxygen atoms in total. The molecule has 1 amide bonds. The number of amides is 1. The summed E-state index contributed by atoms with van der Waals surface area (Å²) in [7, 11) is 0. The van der Waals surface area contributed by atoms with Crippen LogP contribution in [-0.2, 0) is 17.8 Å². The van der Waals surface area contributed by atoms with E-state index in [1.165, 1.54) is 10.8 Å². The number of aromatic amines is 1. The molecule has 0 saturated carbocycles. The van der Waals surface area contributed by atoms with Crippen LogP contribution in [0.1, 0.15) is 17.7 Å². The van der Waals surface area contributed by atoms with Crippen LogP contribution in [0.5, 0.6) is 0 Å². The largest absolute Gasteiger partial charge is 0.392 e. The average Bonchev–Trinajstić information content (AvgIpc) is 3.32. The van der Waals surface area contributed by atoms with Crippen molar-refractivity contribution in [1.82, 2.24) is 20.4 Å². The standard InChI is InChI=1S/C21H22N4O2/c26-14-10-19(22-11-14)21(27)25-9-8-18-17(12-25)20(24-23-18)16-7-3-5-13-4-1-2-6-15(13)16/h1-7,14,19,22,26H,8-12H2,(H,23,24)/t14-,19+/m1/s1. The highest BCUT2D eigenvalue weighted by molar-refractivity contribution is 5.96. The summed E-state index contributed by atoms with van der Waals surface area (Å²) in [5.74, 6) is 0.0715. The van der Waals surface area contributed by atoms with Gasteiger partial charge >= 0.3 is 0 Å². The highest BCUT2D eigenvalue weighted by atomic mass is 16.3. The molecule has 1 fully saturated rings. The second kappa shape index (κ2) is 6.48. The molecular formula is C21H22N4O2. The predicted molar refractivity (Wildman–Crippen MR) is 103 cm³/mol. The zero-order valence-corrected chi connectivity index (χ0v) is 15.0. The van der Waals surface area contributed by atoms with Crippen molar-refractivity contribution in [2.45, 2.75) is 31.5 Å². The highest BCUT2D eigenvalue weighted by Gasteiger charge is 2.34. The predicted octanol–water partition coefficient (Wildman–Crippen LogP) is 1.84. The number of nitrogens with zero attached hydrogens (tertiary/aromatic N) is 2. The van der Waals surface area contributed by atoms with Gasteiger partial charge in [0.1, 0.15) is 0 Å². The molecule has 0 bridgehead atoms. The number of H-pyrrole nitrogens is 1. The number of aliphatic hydroxyl groups excluding tert-OH is 1. The molecule has 3 N–H and O–H groups in total. The van der Waals surface area contributed by atoms with Gasteiger partial charge in [-0.1, -0.05) is 42.5 Å². The van der Waals surface area contributed by atoms with E-state index >= 15 is 0 Å². The van der Waals surface area contributed by atoms with Crippen LogP contribution in [0.15, 0.2) is 42.5 Å². The Labute approximate surface area is 157 Å². The number of nitrogens with one attached hydrogen (secondary N) is 2. The molecule has 0 unspecified atom stereocenters. The number of aromatic nitrogens is 2. The summed E-state index contributed by atoms with van der Waals surface area (Å²) in [5, 5.41) is 23.0. The van der Waals surface area contributed by atoms with Gasteiger partial charge in [-0.05, 0) is 17.2 Å². The van der Waals surface area contributed by atoms with Crippen molar-refractivity contribution in [3.63, 3.8) is 0 Å². The van der Waals surface area contributed by atoms with Gasteiger partial charge in [0, 0.05) is 42.9 Å². The van der Waals surface area contributed by atoms with Gasteiger partial charge in [0.2, 0.25) is 5.91 Å². The van der Waals surface area contributed by atoms with Crippen LogP contribution >= 0.6 is 0 Å². The maximum Gasteiger partial charge on any atom is 0.240 e. The van der Waals surface area contributed by atoms with E-state index in [1.807, 2.05) is 23.1 Å². The second-order valence-electron chi connectivity index (χ2n) is 7.42. The molecule has 27 heavy (non-hydrogen) atoms. The monoisotopic (exact) mass is 362 g/mol. The molecule has 2 aliphatic heterocycles. The fraction of sp³-hybridized carbons (Fsp3) is 0.333. The van der Waals surface area contributed by atoms with E-state index in [0.29, 0.717) is 26.1 Å². The summed E-state index contributed by atoms with van der Waals surface area (Å²) >= 11 is 0. The third-order valence-corrected chi connectivity index (χ3v) is 5.70. The molecule has 1 saturated heterocycles. The number of rotatable bonds is 2. The Balaban J connectivity index is 1.49. The third kappa shape index (κ3) is 2.81. The molecule has 3 heterocycles. The first kappa shape index (κ1) is 16.5. The van der Waals surface area contributed by atoms with E-state index in [0.717, 1.165) is 28.9 Å². The van der Waals surface area contributed by atoms with Crippen LogP contribution in [0, 0.1) is 0 Å². The molecule has 1 aromatic heterocycles. The minimum atomic E-state index is -0.431. The lowest BCUT2D eigenvalue weighted by molar-refractivity contribution is -0.134. The third-order valence-electron chi connectivity index (χ3n) is 5.70. The van der Waals surface area contributed by atoms with Crippen LogP contribution in [0.2, 0.25) is 0 Å². The van der Waals surface area contributed by atoms with Crippen LogP contribution in [0.4, 0.5) is 0 Å². The van der Waals surface area contributed by atoms with Crippen molar-refractivity contribution >= 4 is 16.7 Å². The maximum atomic E-state index is 12.9. The van der Waals surface area contributed by atoms with Crippen molar-refractivity contribution in [3.8, 4) is 11.3 Å². The van der Waals surface area contributed by atoms with Gasteiger partial charge < -0.3 is 15.3 Å². The fourth-order valence-electron chi connectivity index (χ4n) is 4.26. The summed E-state index contributed by atoms with van der Waals surface area (Å²) < 4.78 is 0. The fourth-order valence-corrected chi connectivity index (χ4v) is 4.26. The van der Waals surface area contributed by atoms with Crippen LogP contribution in [0.25, 0.3) is 22.0 Å². The molecule has 3 aromatic rings. The number of carbonyl (C=O) groups excluding carboxylic acids is 1. The van der Waals surface area contributed by atoms with Gasteiger partial charge in [0.25, 0.3) is 0 Å². The van der Waals surface area contributed by atoms with Gasteiger partial charge in [-0.25, -0.2) is 0 Å². The Bertz CT molecular complexity index is 1010. The quantitative estimate of drug-likeness (QED) is 0.650. The Morgan fingerprint density at radius 3 is 2.89 bits per heavy atom. The number of benzene rings is 2. The van der Waals surface area contributed by atoms with Gasteiger partial charge in [0.15, 0.2) is 0 Å². The Kier molecular flexibility index (Phi) is 3.95. The Hall–Kier alpha value is -2.70. The van der Waals surface area contributed by atoms with E-state index in [2.05, 4.69) is 39.8 Å². The summed E-state index contributed by atoms with van der Waals surface area (Å²) in [6, 6.07) is 14.3. The van der Waals surface area contributed by atoms with Gasteiger partial charge in [-0.3, -0.25) is 9.89 Å². The summed E-state index contributed by atoms with van der Waals surface area (Å²) in [6.45, 7) is 1.72. The van der Waals surface area contributed by atoms with Crippen LogP contribution in [0.3, 0.4) is 0 Å².